The van der Waals surface area contributed by atoms with Gasteiger partial charge in [0, 0.05) is 18.1 Å². The molecule has 1 aromatic carbocycles. The molecule has 0 saturated carbocycles. The Morgan fingerprint density at radius 3 is 2.75 bits per heavy atom. The number of fused-ring (bicyclic) bond motifs is 1. The molecule has 0 fully saturated rings. The predicted octanol–water partition coefficient (Wildman–Crippen LogP) is 2.51. The summed E-state index contributed by atoms with van der Waals surface area (Å²) < 4.78 is 0. The van der Waals surface area contributed by atoms with Crippen molar-refractivity contribution in [1.29, 1.82) is 0 Å². The number of nitrogens with two attached hydrogens (primary N) is 1. The first-order valence-electron chi connectivity index (χ1n) is 6.84. The summed E-state index contributed by atoms with van der Waals surface area (Å²) in [4.78, 5) is 11.9. The molecule has 3 rings (SSSR count). The number of aryl methyl sites for hydroxylation is 3. The minimum atomic E-state index is 0.505. The van der Waals surface area contributed by atoms with Crippen molar-refractivity contribution in [2.45, 2.75) is 26.3 Å². The van der Waals surface area contributed by atoms with E-state index in [-0.39, 0.29) is 0 Å². The van der Waals surface area contributed by atoms with Gasteiger partial charge in [0.25, 0.3) is 0 Å². The Morgan fingerprint density at radius 2 is 1.95 bits per heavy atom. The average Bonchev–Trinajstić information content (AvgIpc) is 2.90. The van der Waals surface area contributed by atoms with Crippen molar-refractivity contribution < 1.29 is 0 Å². The molecule has 4 heteroatoms. The predicted molar refractivity (Wildman–Crippen MR) is 80.4 cm³/mol. The monoisotopic (exact) mass is 266 g/mol. The molecule has 20 heavy (non-hydrogen) atoms. The lowest BCUT2D eigenvalue weighted by atomic mass is 10.0. The number of H-pyrrole nitrogens is 1. The summed E-state index contributed by atoms with van der Waals surface area (Å²) in [6.07, 6.45) is 5.42. The number of aromatic amines is 1. The van der Waals surface area contributed by atoms with E-state index in [1.165, 1.54) is 11.1 Å². The van der Waals surface area contributed by atoms with Crippen molar-refractivity contribution in [3.63, 3.8) is 0 Å². The molecule has 0 atom stereocenters. The Hall–Kier alpha value is -2.20. The van der Waals surface area contributed by atoms with E-state index >= 15 is 0 Å². The van der Waals surface area contributed by atoms with Crippen molar-refractivity contribution in [1.82, 2.24) is 15.0 Å². The lowest BCUT2D eigenvalue weighted by Gasteiger charge is -2.06. The molecule has 0 unspecified atom stereocenters. The minimum absolute atomic E-state index is 0.505. The molecule has 0 bridgehead atoms. The van der Waals surface area contributed by atoms with Crippen LogP contribution in [0.25, 0.3) is 11.0 Å². The van der Waals surface area contributed by atoms with Crippen LogP contribution in [0.4, 0.5) is 0 Å². The van der Waals surface area contributed by atoms with Gasteiger partial charge in [0.1, 0.15) is 12.0 Å². The van der Waals surface area contributed by atoms with E-state index in [0.29, 0.717) is 6.54 Å². The summed E-state index contributed by atoms with van der Waals surface area (Å²) >= 11 is 0. The second kappa shape index (κ2) is 5.43. The first-order valence-corrected chi connectivity index (χ1v) is 6.84. The van der Waals surface area contributed by atoms with E-state index in [2.05, 4.69) is 46.1 Å². The summed E-state index contributed by atoms with van der Waals surface area (Å²) in [7, 11) is 0. The summed E-state index contributed by atoms with van der Waals surface area (Å²) in [5.74, 6) is 0. The van der Waals surface area contributed by atoms with Gasteiger partial charge in [-0.1, -0.05) is 24.3 Å². The fraction of sp³-hybridized carbons (Fsp3) is 0.250. The quantitative estimate of drug-likeness (QED) is 0.762. The molecule has 2 heterocycles. The summed E-state index contributed by atoms with van der Waals surface area (Å²) in [6.45, 7) is 2.65. The molecule has 3 N–H and O–H groups in total. The Kier molecular flexibility index (Phi) is 3.48. The fourth-order valence-electron chi connectivity index (χ4n) is 2.59. The third-order valence-electron chi connectivity index (χ3n) is 3.74. The van der Waals surface area contributed by atoms with Gasteiger partial charge in [-0.2, -0.15) is 0 Å². The number of nitrogens with one attached hydrogen (secondary N) is 1. The minimum Gasteiger partial charge on any atom is -0.346 e. The van der Waals surface area contributed by atoms with Gasteiger partial charge in [-0.3, -0.25) is 0 Å². The molecule has 0 aliphatic heterocycles. The maximum atomic E-state index is 5.79. The van der Waals surface area contributed by atoms with Crippen LogP contribution < -0.4 is 5.73 Å². The molecule has 102 valence electrons. The van der Waals surface area contributed by atoms with E-state index in [0.717, 1.165) is 35.1 Å². The Bertz CT molecular complexity index is 730. The first kappa shape index (κ1) is 12.8. The number of hydrogen-bond donors (Lipinski definition) is 2. The molecule has 4 nitrogen and oxygen atoms in total. The maximum absolute atomic E-state index is 5.79. The van der Waals surface area contributed by atoms with Crippen molar-refractivity contribution in [3.05, 3.63) is 59.2 Å². The molecule has 3 aromatic rings. The van der Waals surface area contributed by atoms with Gasteiger partial charge in [-0.25, -0.2) is 9.97 Å². The van der Waals surface area contributed by atoms with Crippen molar-refractivity contribution in [2.24, 2.45) is 5.73 Å². The van der Waals surface area contributed by atoms with Gasteiger partial charge < -0.3 is 10.7 Å². The summed E-state index contributed by atoms with van der Waals surface area (Å²) in [6, 6.07) is 8.47. The number of nitrogens with zero attached hydrogens (tertiary/aromatic N) is 2. The van der Waals surface area contributed by atoms with Crippen LogP contribution in [-0.4, -0.2) is 15.0 Å². The molecule has 0 saturated heterocycles. The second-order valence-electron chi connectivity index (χ2n) is 4.99. The fourth-order valence-corrected chi connectivity index (χ4v) is 2.59. The summed E-state index contributed by atoms with van der Waals surface area (Å²) in [5, 5.41) is 1.09. The Morgan fingerprint density at radius 1 is 1.10 bits per heavy atom. The normalized spacial score (nSPS) is 11.1. The lowest BCUT2D eigenvalue weighted by molar-refractivity contribution is 0.907. The smallest absolute Gasteiger partial charge is 0.141 e. The third-order valence-corrected chi connectivity index (χ3v) is 3.74. The van der Waals surface area contributed by atoms with Crippen LogP contribution in [0.2, 0.25) is 0 Å². The zero-order valence-corrected chi connectivity index (χ0v) is 11.6. The number of aromatic nitrogens is 3. The highest BCUT2D eigenvalue weighted by Gasteiger charge is 2.10. The van der Waals surface area contributed by atoms with Gasteiger partial charge in [0.15, 0.2) is 0 Å². The standard InChI is InChI=1S/C16H18N4/c1-11-4-2-3-5-12(11)6-7-14-15-13(8-17)9-18-16(15)20-10-19-14/h2-5,9-10H,6-8,17H2,1H3,(H,18,19,20). The zero-order chi connectivity index (χ0) is 13.9. The van der Waals surface area contributed by atoms with Crippen LogP contribution in [0, 0.1) is 6.92 Å². The van der Waals surface area contributed by atoms with Gasteiger partial charge in [0.05, 0.1) is 5.69 Å². The number of hydrogen-bond acceptors (Lipinski definition) is 3. The molecular formula is C16H18N4. The molecule has 0 radical (unpaired) electrons. The highest BCUT2D eigenvalue weighted by molar-refractivity contribution is 5.82. The SMILES string of the molecule is Cc1ccccc1CCc1ncnc2[nH]cc(CN)c12. The van der Waals surface area contributed by atoms with E-state index < -0.39 is 0 Å². The first-order chi connectivity index (χ1) is 9.79. The van der Waals surface area contributed by atoms with Crippen LogP contribution in [0.3, 0.4) is 0 Å². The van der Waals surface area contributed by atoms with Crippen LogP contribution in [0.1, 0.15) is 22.4 Å². The highest BCUT2D eigenvalue weighted by atomic mass is 14.9. The molecule has 0 amide bonds. The van der Waals surface area contributed by atoms with Gasteiger partial charge in [-0.05, 0) is 36.5 Å². The summed E-state index contributed by atoms with van der Waals surface area (Å²) in [5.41, 5.74) is 11.5. The number of benzene rings is 1. The largest absolute Gasteiger partial charge is 0.346 e. The molecule has 0 spiro atoms. The van der Waals surface area contributed by atoms with Crippen LogP contribution in [-0.2, 0) is 19.4 Å². The molecule has 0 aliphatic rings. The number of rotatable bonds is 4. The van der Waals surface area contributed by atoms with Gasteiger partial charge >= 0.3 is 0 Å². The van der Waals surface area contributed by atoms with E-state index in [1.54, 1.807) is 6.33 Å². The van der Waals surface area contributed by atoms with E-state index in [4.69, 9.17) is 5.73 Å². The zero-order valence-electron chi connectivity index (χ0n) is 11.6. The van der Waals surface area contributed by atoms with Crippen LogP contribution >= 0.6 is 0 Å². The van der Waals surface area contributed by atoms with Crippen molar-refractivity contribution in [2.75, 3.05) is 0 Å². The maximum Gasteiger partial charge on any atom is 0.141 e. The van der Waals surface area contributed by atoms with Gasteiger partial charge in [-0.15, -0.1) is 0 Å². The van der Waals surface area contributed by atoms with Crippen molar-refractivity contribution in [3.8, 4) is 0 Å². The average molecular weight is 266 g/mol. The topological polar surface area (TPSA) is 67.6 Å². The molecule has 2 aromatic heterocycles. The molecule has 0 aliphatic carbocycles. The third kappa shape index (κ3) is 2.30. The van der Waals surface area contributed by atoms with E-state index in [9.17, 15) is 0 Å². The Balaban J connectivity index is 1.91. The second-order valence-corrected chi connectivity index (χ2v) is 4.99. The highest BCUT2D eigenvalue weighted by Crippen LogP contribution is 2.20. The van der Waals surface area contributed by atoms with Crippen molar-refractivity contribution >= 4 is 11.0 Å². The molecular weight excluding hydrogens is 248 g/mol. The van der Waals surface area contributed by atoms with E-state index in [1.807, 2.05) is 6.20 Å². The Labute approximate surface area is 118 Å². The van der Waals surface area contributed by atoms with Gasteiger partial charge in [0.2, 0.25) is 0 Å². The van der Waals surface area contributed by atoms with Crippen LogP contribution in [0.5, 0.6) is 0 Å². The lowest BCUT2D eigenvalue weighted by Crippen LogP contribution is -2.01. The van der Waals surface area contributed by atoms with Crippen LogP contribution in [0.15, 0.2) is 36.8 Å².